The maximum atomic E-state index is 8.73. The van der Waals surface area contributed by atoms with Crippen molar-refractivity contribution in [3.63, 3.8) is 0 Å². The molecule has 2 heterocycles. The summed E-state index contributed by atoms with van der Waals surface area (Å²) < 4.78 is 5.47. The lowest BCUT2D eigenvalue weighted by Gasteiger charge is -2.25. The van der Waals surface area contributed by atoms with Crippen LogP contribution in [0.15, 0.2) is 24.5 Å². The van der Waals surface area contributed by atoms with Crippen molar-refractivity contribution in [2.75, 3.05) is 33.4 Å². The molecule has 1 aliphatic rings. The lowest BCUT2D eigenvalue weighted by Crippen LogP contribution is -2.23. The van der Waals surface area contributed by atoms with Crippen molar-refractivity contribution in [1.29, 1.82) is 0 Å². The maximum Gasteiger partial charge on any atom is 0.0697 e. The molecule has 94 valence electrons. The summed E-state index contributed by atoms with van der Waals surface area (Å²) in [6.45, 7) is 2.33. The average Bonchev–Trinajstić information content (AvgIpc) is 2.72. The highest BCUT2D eigenvalue weighted by atomic mass is 16.5. The minimum Gasteiger partial charge on any atom is -0.394 e. The molecule has 2 rings (SSSR count). The Hall–Kier alpha value is -0.970. The fraction of sp³-hybridized carbons (Fsp3) is 0.615. The third-order valence-corrected chi connectivity index (χ3v) is 3.37. The van der Waals surface area contributed by atoms with E-state index in [-0.39, 0.29) is 6.61 Å². The highest BCUT2D eigenvalue weighted by Crippen LogP contribution is 2.35. The van der Waals surface area contributed by atoms with E-state index >= 15 is 0 Å². The van der Waals surface area contributed by atoms with E-state index in [0.717, 1.165) is 13.0 Å². The van der Waals surface area contributed by atoms with Crippen molar-refractivity contribution in [2.24, 2.45) is 5.92 Å². The molecule has 0 aromatic carbocycles. The fourth-order valence-corrected chi connectivity index (χ4v) is 2.58. The van der Waals surface area contributed by atoms with Gasteiger partial charge in [0.1, 0.15) is 0 Å². The summed E-state index contributed by atoms with van der Waals surface area (Å²) in [6.07, 6.45) is 4.88. The van der Waals surface area contributed by atoms with Crippen LogP contribution in [0.5, 0.6) is 0 Å². The maximum absolute atomic E-state index is 8.73. The summed E-state index contributed by atoms with van der Waals surface area (Å²) in [5.74, 6) is 0.496. The Morgan fingerprint density at radius 1 is 1.59 bits per heavy atom. The van der Waals surface area contributed by atoms with E-state index in [0.29, 0.717) is 25.2 Å². The molecule has 17 heavy (non-hydrogen) atoms. The standard InChI is InChI=1S/C13H20N2O2/c1-15-6-4-12(10-17-8-7-16)13(15)11-3-2-5-14-9-11/h2-3,5,9,12-13,16H,4,6-8,10H2,1H3. The Morgan fingerprint density at radius 2 is 2.47 bits per heavy atom. The number of ether oxygens (including phenoxy) is 1. The van der Waals surface area contributed by atoms with Crippen molar-refractivity contribution in [3.8, 4) is 0 Å². The molecule has 1 saturated heterocycles. The van der Waals surface area contributed by atoms with E-state index in [4.69, 9.17) is 9.84 Å². The summed E-state index contributed by atoms with van der Waals surface area (Å²) in [5.41, 5.74) is 1.25. The molecule has 0 spiro atoms. The van der Waals surface area contributed by atoms with Gasteiger partial charge in [-0.1, -0.05) is 6.07 Å². The van der Waals surface area contributed by atoms with Crippen LogP contribution in [0.4, 0.5) is 0 Å². The molecular weight excluding hydrogens is 216 g/mol. The highest BCUT2D eigenvalue weighted by molar-refractivity contribution is 5.16. The molecule has 0 radical (unpaired) electrons. The van der Waals surface area contributed by atoms with Crippen LogP contribution in [0.2, 0.25) is 0 Å². The molecule has 2 unspecified atom stereocenters. The first-order valence-corrected chi connectivity index (χ1v) is 6.11. The van der Waals surface area contributed by atoms with Crippen LogP contribution < -0.4 is 0 Å². The molecule has 4 heteroatoms. The molecule has 0 bridgehead atoms. The summed E-state index contributed by atoms with van der Waals surface area (Å²) in [7, 11) is 2.14. The first-order chi connectivity index (χ1) is 8.33. The molecule has 0 amide bonds. The summed E-state index contributed by atoms with van der Waals surface area (Å²) in [6, 6.07) is 4.49. The predicted octanol–water partition coefficient (Wildman–Crippen LogP) is 1.08. The van der Waals surface area contributed by atoms with Gasteiger partial charge in [0.2, 0.25) is 0 Å². The van der Waals surface area contributed by atoms with Crippen molar-refractivity contribution in [2.45, 2.75) is 12.5 Å². The van der Waals surface area contributed by atoms with Crippen molar-refractivity contribution < 1.29 is 9.84 Å². The number of likely N-dealkylation sites (tertiary alicyclic amines) is 1. The van der Waals surface area contributed by atoms with Gasteiger partial charge >= 0.3 is 0 Å². The Bertz CT molecular complexity index is 331. The number of hydrogen-bond donors (Lipinski definition) is 1. The molecule has 1 aliphatic heterocycles. The van der Waals surface area contributed by atoms with Gasteiger partial charge in [0, 0.05) is 24.4 Å². The molecule has 0 aliphatic carbocycles. The van der Waals surface area contributed by atoms with E-state index in [1.807, 2.05) is 12.3 Å². The Balaban J connectivity index is 2.01. The third kappa shape index (κ3) is 3.03. The topological polar surface area (TPSA) is 45.6 Å². The van der Waals surface area contributed by atoms with Crippen LogP contribution in [0, 0.1) is 5.92 Å². The SMILES string of the molecule is CN1CCC(COCCO)C1c1cccnc1. The first-order valence-electron chi connectivity index (χ1n) is 6.11. The molecule has 1 aromatic rings. The minimum atomic E-state index is 0.0973. The average molecular weight is 236 g/mol. The van der Waals surface area contributed by atoms with E-state index < -0.39 is 0 Å². The Morgan fingerprint density at radius 3 is 3.18 bits per heavy atom. The lowest BCUT2D eigenvalue weighted by atomic mass is 9.96. The molecule has 4 nitrogen and oxygen atoms in total. The number of pyridine rings is 1. The number of aromatic nitrogens is 1. The zero-order chi connectivity index (χ0) is 12.1. The van der Waals surface area contributed by atoms with E-state index in [1.165, 1.54) is 5.56 Å². The number of rotatable bonds is 5. The van der Waals surface area contributed by atoms with E-state index in [1.54, 1.807) is 6.20 Å². The molecule has 2 atom stereocenters. The fourth-order valence-electron chi connectivity index (χ4n) is 2.58. The predicted molar refractivity (Wildman–Crippen MR) is 65.6 cm³/mol. The first kappa shape index (κ1) is 12.5. The summed E-state index contributed by atoms with van der Waals surface area (Å²) in [5, 5.41) is 8.73. The van der Waals surface area contributed by atoms with Gasteiger partial charge in [-0.2, -0.15) is 0 Å². The minimum absolute atomic E-state index is 0.0973. The number of hydrogen-bond acceptors (Lipinski definition) is 4. The molecular formula is C13H20N2O2. The smallest absolute Gasteiger partial charge is 0.0697 e. The van der Waals surface area contributed by atoms with Gasteiger partial charge < -0.3 is 9.84 Å². The van der Waals surface area contributed by atoms with E-state index in [2.05, 4.69) is 23.0 Å². The van der Waals surface area contributed by atoms with Gasteiger partial charge in [-0.25, -0.2) is 0 Å². The quantitative estimate of drug-likeness (QED) is 0.777. The monoisotopic (exact) mass is 236 g/mol. The number of nitrogens with zero attached hydrogens (tertiary/aromatic N) is 2. The third-order valence-electron chi connectivity index (χ3n) is 3.37. The van der Waals surface area contributed by atoms with Crippen LogP contribution in [-0.4, -0.2) is 48.4 Å². The van der Waals surface area contributed by atoms with Gasteiger partial charge in [-0.15, -0.1) is 0 Å². The van der Waals surface area contributed by atoms with Gasteiger partial charge in [0.05, 0.1) is 19.8 Å². The van der Waals surface area contributed by atoms with Crippen LogP contribution >= 0.6 is 0 Å². The largest absolute Gasteiger partial charge is 0.394 e. The normalized spacial score (nSPS) is 25.3. The van der Waals surface area contributed by atoms with Crippen molar-refractivity contribution in [1.82, 2.24) is 9.88 Å². The van der Waals surface area contributed by atoms with Crippen LogP contribution in [0.1, 0.15) is 18.0 Å². The summed E-state index contributed by atoms with van der Waals surface area (Å²) >= 11 is 0. The number of aliphatic hydroxyl groups is 1. The van der Waals surface area contributed by atoms with Crippen molar-refractivity contribution >= 4 is 0 Å². The number of aliphatic hydroxyl groups excluding tert-OH is 1. The Kier molecular flexibility index (Phi) is 4.48. The van der Waals surface area contributed by atoms with Gasteiger partial charge in [-0.05, 0) is 31.6 Å². The zero-order valence-corrected chi connectivity index (χ0v) is 10.2. The highest BCUT2D eigenvalue weighted by Gasteiger charge is 2.32. The van der Waals surface area contributed by atoms with Gasteiger partial charge in [-0.3, -0.25) is 9.88 Å². The van der Waals surface area contributed by atoms with Crippen LogP contribution in [0.25, 0.3) is 0 Å². The second-order valence-electron chi connectivity index (χ2n) is 4.56. The van der Waals surface area contributed by atoms with Gasteiger partial charge in [0.25, 0.3) is 0 Å². The molecule has 1 N–H and O–H groups in total. The molecule has 1 aromatic heterocycles. The van der Waals surface area contributed by atoms with E-state index in [9.17, 15) is 0 Å². The van der Waals surface area contributed by atoms with Crippen molar-refractivity contribution in [3.05, 3.63) is 30.1 Å². The second-order valence-corrected chi connectivity index (χ2v) is 4.56. The summed E-state index contributed by atoms with van der Waals surface area (Å²) in [4.78, 5) is 6.54. The lowest BCUT2D eigenvalue weighted by molar-refractivity contribution is 0.0584. The second kappa shape index (κ2) is 6.10. The molecule has 1 fully saturated rings. The Labute approximate surface area is 102 Å². The zero-order valence-electron chi connectivity index (χ0n) is 10.2. The van der Waals surface area contributed by atoms with Crippen LogP contribution in [-0.2, 0) is 4.74 Å². The van der Waals surface area contributed by atoms with Crippen LogP contribution in [0.3, 0.4) is 0 Å². The molecule has 0 saturated carbocycles. The van der Waals surface area contributed by atoms with Gasteiger partial charge in [0.15, 0.2) is 0 Å².